The topological polar surface area (TPSA) is 43.4 Å². The third-order valence-electron chi connectivity index (χ3n) is 2.90. The van der Waals surface area contributed by atoms with Gasteiger partial charge in [-0.15, -0.1) is 0 Å². The fraction of sp³-hybridized carbons (Fsp3) is 0.0625. The summed E-state index contributed by atoms with van der Waals surface area (Å²) in [6, 6.07) is 18.1. The molecule has 0 N–H and O–H groups in total. The Balaban J connectivity index is 2.41. The predicted molar refractivity (Wildman–Crippen MR) is 80.9 cm³/mol. The molecule has 0 radical (unpaired) electrons. The van der Waals surface area contributed by atoms with Gasteiger partial charge >= 0.3 is 5.97 Å². The smallest absolute Gasteiger partial charge is 0.330 e. The monoisotopic (exact) mass is 286 g/mol. The quantitative estimate of drug-likeness (QED) is 0.482. The summed E-state index contributed by atoms with van der Waals surface area (Å²) in [5.41, 5.74) is 0. The Bertz CT molecular complexity index is 592. The summed E-state index contributed by atoms with van der Waals surface area (Å²) < 4.78 is 18.4. The third-order valence-corrected chi connectivity index (χ3v) is 5.66. The molecule has 0 saturated heterocycles. The molecule has 0 heterocycles. The summed E-state index contributed by atoms with van der Waals surface area (Å²) in [5, 5.41) is 1.34. The molecule has 20 heavy (non-hydrogen) atoms. The summed E-state index contributed by atoms with van der Waals surface area (Å²) in [5.74, 6) is -0.572. The van der Waals surface area contributed by atoms with Crippen LogP contribution in [0, 0.1) is 0 Å². The van der Waals surface area contributed by atoms with Crippen molar-refractivity contribution in [3.8, 4) is 0 Å². The lowest BCUT2D eigenvalue weighted by atomic mass is 10.4. The first kappa shape index (κ1) is 14.3. The van der Waals surface area contributed by atoms with Crippen LogP contribution in [0.15, 0.2) is 73.3 Å². The van der Waals surface area contributed by atoms with Crippen LogP contribution in [-0.2, 0) is 14.1 Å². The molecule has 0 aliphatic heterocycles. The second kappa shape index (κ2) is 6.36. The van der Waals surface area contributed by atoms with Gasteiger partial charge in [0.25, 0.3) is 0 Å². The van der Waals surface area contributed by atoms with E-state index in [2.05, 4.69) is 6.58 Å². The average molecular weight is 286 g/mol. The van der Waals surface area contributed by atoms with Gasteiger partial charge in [0.15, 0.2) is 13.5 Å². The second-order valence-corrected chi connectivity index (χ2v) is 6.98. The number of hydrogen-bond acceptors (Lipinski definition) is 3. The third kappa shape index (κ3) is 3.06. The number of ether oxygens (including phenoxy) is 1. The molecule has 2 aromatic carbocycles. The van der Waals surface area contributed by atoms with E-state index in [9.17, 15) is 9.36 Å². The van der Waals surface area contributed by atoms with Gasteiger partial charge < -0.3 is 9.30 Å². The molecule has 0 saturated carbocycles. The zero-order chi connectivity index (χ0) is 14.4. The number of esters is 1. The van der Waals surface area contributed by atoms with Crippen LogP contribution in [0.5, 0.6) is 0 Å². The molecule has 2 aromatic rings. The first-order valence-electron chi connectivity index (χ1n) is 6.16. The SMILES string of the molecule is C=CC(=O)OCP(=O)(c1ccccc1)c1ccccc1. The highest BCUT2D eigenvalue weighted by atomic mass is 31.2. The van der Waals surface area contributed by atoms with Crippen molar-refractivity contribution in [3.05, 3.63) is 73.3 Å². The summed E-state index contributed by atoms with van der Waals surface area (Å²) in [6.45, 7) is 3.34. The van der Waals surface area contributed by atoms with E-state index >= 15 is 0 Å². The predicted octanol–water partition coefficient (Wildman–Crippen LogP) is 2.69. The Morgan fingerprint density at radius 1 is 1.00 bits per heavy atom. The molecule has 3 nitrogen and oxygen atoms in total. The van der Waals surface area contributed by atoms with Crippen LogP contribution in [0.1, 0.15) is 0 Å². The molecule has 0 spiro atoms. The van der Waals surface area contributed by atoms with Crippen LogP contribution in [0.4, 0.5) is 0 Å². The summed E-state index contributed by atoms with van der Waals surface area (Å²) in [6.07, 6.45) is 0.909. The Kier molecular flexibility index (Phi) is 4.54. The molecule has 0 atom stereocenters. The maximum atomic E-state index is 13.3. The zero-order valence-corrected chi connectivity index (χ0v) is 11.8. The van der Waals surface area contributed by atoms with Crippen molar-refractivity contribution in [2.45, 2.75) is 0 Å². The molecule has 0 unspecified atom stereocenters. The first-order valence-corrected chi connectivity index (χ1v) is 8.05. The first-order chi connectivity index (χ1) is 9.66. The van der Waals surface area contributed by atoms with Crippen LogP contribution >= 0.6 is 7.14 Å². The summed E-state index contributed by atoms with van der Waals surface area (Å²) >= 11 is 0. The van der Waals surface area contributed by atoms with Crippen molar-refractivity contribution in [1.82, 2.24) is 0 Å². The van der Waals surface area contributed by atoms with Gasteiger partial charge in [-0.05, 0) is 0 Å². The Hall–Kier alpha value is -2.12. The number of carbonyl (C=O) groups excluding carboxylic acids is 1. The van der Waals surface area contributed by atoms with Crippen LogP contribution in [0.3, 0.4) is 0 Å². The van der Waals surface area contributed by atoms with E-state index in [-0.39, 0.29) is 6.35 Å². The van der Waals surface area contributed by atoms with Crippen LogP contribution in [0.25, 0.3) is 0 Å². The van der Waals surface area contributed by atoms with Crippen molar-refractivity contribution in [1.29, 1.82) is 0 Å². The fourth-order valence-electron chi connectivity index (χ4n) is 1.85. The van der Waals surface area contributed by atoms with Gasteiger partial charge in [-0.1, -0.05) is 67.2 Å². The Morgan fingerprint density at radius 3 is 1.85 bits per heavy atom. The largest absolute Gasteiger partial charge is 0.454 e. The van der Waals surface area contributed by atoms with Crippen LogP contribution in [-0.4, -0.2) is 12.3 Å². The van der Waals surface area contributed by atoms with Gasteiger partial charge in [0.05, 0.1) is 0 Å². The number of benzene rings is 2. The average Bonchev–Trinajstić information content (AvgIpc) is 2.54. The molecule has 0 fully saturated rings. The standard InChI is InChI=1S/C16H15O3P/c1-2-16(17)19-13-20(18,14-9-5-3-6-10-14)15-11-7-4-8-12-15/h2-12H,1,13H2. The molecular formula is C16H15O3P. The van der Waals surface area contributed by atoms with Crippen LogP contribution < -0.4 is 10.6 Å². The summed E-state index contributed by atoms with van der Waals surface area (Å²) in [7, 11) is -2.98. The van der Waals surface area contributed by atoms with E-state index in [1.54, 1.807) is 24.3 Å². The number of carbonyl (C=O) groups is 1. The van der Waals surface area contributed by atoms with E-state index < -0.39 is 13.1 Å². The van der Waals surface area contributed by atoms with Crippen LogP contribution in [0.2, 0.25) is 0 Å². The highest BCUT2D eigenvalue weighted by molar-refractivity contribution is 7.78. The molecule has 0 bridgehead atoms. The Morgan fingerprint density at radius 2 is 1.45 bits per heavy atom. The van der Waals surface area contributed by atoms with E-state index in [1.807, 2.05) is 36.4 Å². The fourth-order valence-corrected chi connectivity index (χ4v) is 4.06. The van der Waals surface area contributed by atoms with E-state index in [1.165, 1.54) is 0 Å². The minimum absolute atomic E-state index is 0.161. The van der Waals surface area contributed by atoms with Gasteiger partial charge in [-0.2, -0.15) is 0 Å². The normalized spacial score (nSPS) is 10.8. The van der Waals surface area contributed by atoms with Crippen molar-refractivity contribution >= 4 is 23.7 Å². The van der Waals surface area contributed by atoms with Crippen molar-refractivity contribution in [3.63, 3.8) is 0 Å². The molecular weight excluding hydrogens is 271 g/mol. The minimum Gasteiger partial charge on any atom is -0.454 e. The second-order valence-electron chi connectivity index (χ2n) is 4.21. The maximum absolute atomic E-state index is 13.3. The molecule has 0 aliphatic carbocycles. The lowest BCUT2D eigenvalue weighted by molar-refractivity contribution is -0.135. The highest BCUT2D eigenvalue weighted by Gasteiger charge is 2.28. The molecule has 2 rings (SSSR count). The van der Waals surface area contributed by atoms with Gasteiger partial charge in [-0.3, -0.25) is 0 Å². The molecule has 4 heteroatoms. The van der Waals surface area contributed by atoms with Crippen molar-refractivity contribution < 1.29 is 14.1 Å². The molecule has 0 aliphatic rings. The number of hydrogen-bond donors (Lipinski definition) is 0. The molecule has 0 amide bonds. The van der Waals surface area contributed by atoms with Gasteiger partial charge in [0.2, 0.25) is 0 Å². The van der Waals surface area contributed by atoms with E-state index in [0.29, 0.717) is 10.6 Å². The minimum atomic E-state index is -2.98. The lowest BCUT2D eigenvalue weighted by Gasteiger charge is -2.18. The van der Waals surface area contributed by atoms with Gasteiger partial charge in [-0.25, -0.2) is 4.79 Å². The molecule has 102 valence electrons. The van der Waals surface area contributed by atoms with E-state index in [4.69, 9.17) is 4.74 Å². The lowest BCUT2D eigenvalue weighted by Crippen LogP contribution is -2.20. The maximum Gasteiger partial charge on any atom is 0.330 e. The van der Waals surface area contributed by atoms with Gasteiger partial charge in [0.1, 0.15) is 0 Å². The number of rotatable bonds is 5. The summed E-state index contributed by atoms with van der Waals surface area (Å²) in [4.78, 5) is 11.3. The van der Waals surface area contributed by atoms with Gasteiger partial charge in [0, 0.05) is 16.7 Å². The highest BCUT2D eigenvalue weighted by Crippen LogP contribution is 2.43. The van der Waals surface area contributed by atoms with E-state index in [0.717, 1.165) is 6.08 Å². The van der Waals surface area contributed by atoms with Crippen molar-refractivity contribution in [2.75, 3.05) is 6.35 Å². The molecule has 0 aromatic heterocycles. The zero-order valence-electron chi connectivity index (χ0n) is 10.9. The Labute approximate surface area is 118 Å². The van der Waals surface area contributed by atoms with Crippen molar-refractivity contribution in [2.24, 2.45) is 0 Å².